The zero-order valence-corrected chi connectivity index (χ0v) is 15.5. The number of aryl methyl sites for hydroxylation is 2. The van der Waals surface area contributed by atoms with Gasteiger partial charge in [-0.2, -0.15) is 10.4 Å². The Balaban J connectivity index is 1.42. The van der Waals surface area contributed by atoms with Gasteiger partial charge in [-0.15, -0.1) is 0 Å². The second-order valence-electron chi connectivity index (χ2n) is 7.20. The maximum atomic E-state index is 13.5. The van der Waals surface area contributed by atoms with Crippen LogP contribution >= 0.6 is 0 Å². The van der Waals surface area contributed by atoms with Gasteiger partial charge in [-0.25, -0.2) is 9.18 Å². The molecule has 0 atom stereocenters. The van der Waals surface area contributed by atoms with Gasteiger partial charge >= 0.3 is 6.03 Å². The fraction of sp³-hybridized carbons (Fsp3) is 0.300. The van der Waals surface area contributed by atoms with Crippen LogP contribution in [0.3, 0.4) is 0 Å². The number of carbonyl (C=O) groups excluding carboxylic acids is 1. The maximum Gasteiger partial charge on any atom is 0.322 e. The van der Waals surface area contributed by atoms with Gasteiger partial charge in [-0.3, -0.25) is 4.68 Å². The first-order valence-corrected chi connectivity index (χ1v) is 9.42. The number of halogens is 1. The molecule has 0 aliphatic carbocycles. The van der Waals surface area contributed by atoms with Crippen molar-refractivity contribution in [3.05, 3.63) is 52.7 Å². The summed E-state index contributed by atoms with van der Waals surface area (Å²) in [5.74, 6) is -0.612. The summed E-state index contributed by atoms with van der Waals surface area (Å²) in [4.78, 5) is 14.5. The zero-order chi connectivity index (χ0) is 20.0. The monoisotopic (exact) mass is 392 g/mol. The van der Waals surface area contributed by atoms with Gasteiger partial charge in [0, 0.05) is 36.3 Å². The number of hydrogen-bond donors (Lipinski definition) is 1. The highest BCUT2D eigenvalue weighted by atomic mass is 19.1. The first-order chi connectivity index (χ1) is 14.1. The number of nitrogens with zero attached hydrogens (tertiary/aromatic N) is 5. The van der Waals surface area contributed by atoms with E-state index in [2.05, 4.69) is 10.5 Å². The smallest absolute Gasteiger partial charge is 0.322 e. The number of hydrogen-bond acceptors (Lipinski definition) is 5. The van der Waals surface area contributed by atoms with E-state index < -0.39 is 5.82 Å². The summed E-state index contributed by atoms with van der Waals surface area (Å²) in [5, 5.41) is 20.6. The molecule has 0 saturated carbocycles. The van der Waals surface area contributed by atoms with Gasteiger partial charge in [0.25, 0.3) is 0 Å². The number of benzene rings is 1. The van der Waals surface area contributed by atoms with Gasteiger partial charge in [0.05, 0.1) is 23.5 Å². The van der Waals surface area contributed by atoms with Gasteiger partial charge in [0.15, 0.2) is 0 Å². The Labute approximate surface area is 165 Å². The van der Waals surface area contributed by atoms with Crippen LogP contribution in [0.2, 0.25) is 0 Å². The molecule has 0 unspecified atom stereocenters. The number of nitrogens with one attached hydrogen (secondary N) is 1. The van der Waals surface area contributed by atoms with E-state index in [1.54, 1.807) is 17.2 Å². The van der Waals surface area contributed by atoms with Crippen molar-refractivity contribution in [1.82, 2.24) is 19.8 Å². The lowest BCUT2D eigenvalue weighted by Gasteiger charge is -2.27. The van der Waals surface area contributed by atoms with E-state index in [9.17, 15) is 9.18 Å². The van der Waals surface area contributed by atoms with E-state index in [1.807, 2.05) is 4.68 Å². The summed E-state index contributed by atoms with van der Waals surface area (Å²) in [7, 11) is 0. The van der Waals surface area contributed by atoms with Crippen LogP contribution in [0.5, 0.6) is 0 Å². The molecule has 9 heteroatoms. The topological polar surface area (TPSA) is 100.0 Å². The molecular formula is C20H17FN6O2. The van der Waals surface area contributed by atoms with Crippen molar-refractivity contribution in [3.63, 3.8) is 0 Å². The molecule has 146 valence electrons. The summed E-state index contributed by atoms with van der Waals surface area (Å²) < 4.78 is 20.7. The number of anilines is 1. The van der Waals surface area contributed by atoms with Crippen molar-refractivity contribution in [2.75, 3.05) is 11.9 Å². The first-order valence-electron chi connectivity index (χ1n) is 9.42. The minimum atomic E-state index is -0.612. The molecule has 29 heavy (non-hydrogen) atoms. The standard InChI is InChI=1S/C20H17FN6O2/c21-16-4-3-14(8-13(16)9-22)23-20(28)26-7-5-17-15(10-26)19-18-12(11-29-25-18)2-1-6-27(19)24-17/h3-4,8,11H,1-2,5-7,10H2,(H,23,28). The number of rotatable bonds is 1. The molecule has 0 radical (unpaired) electrons. The second-order valence-corrected chi connectivity index (χ2v) is 7.20. The van der Waals surface area contributed by atoms with Crippen molar-refractivity contribution >= 4 is 11.7 Å². The molecule has 3 aromatic rings. The molecule has 2 amide bonds. The van der Waals surface area contributed by atoms with E-state index in [4.69, 9.17) is 14.9 Å². The van der Waals surface area contributed by atoms with Crippen molar-refractivity contribution in [2.45, 2.75) is 32.4 Å². The molecule has 2 aromatic heterocycles. The summed E-state index contributed by atoms with van der Waals surface area (Å²) in [6.07, 6.45) is 4.16. The number of nitriles is 1. The van der Waals surface area contributed by atoms with Gasteiger partial charge in [-0.05, 0) is 31.0 Å². The Hall–Kier alpha value is -3.67. The highest BCUT2D eigenvalue weighted by Crippen LogP contribution is 2.34. The van der Waals surface area contributed by atoms with Crippen LogP contribution in [0, 0.1) is 17.1 Å². The third kappa shape index (κ3) is 2.93. The van der Waals surface area contributed by atoms with Crippen molar-refractivity contribution in [1.29, 1.82) is 5.26 Å². The quantitative estimate of drug-likeness (QED) is 0.686. The average molecular weight is 392 g/mol. The summed E-state index contributed by atoms with van der Waals surface area (Å²) in [5.41, 5.74) is 5.02. The highest BCUT2D eigenvalue weighted by molar-refractivity contribution is 5.89. The Kier molecular flexibility index (Phi) is 4.05. The van der Waals surface area contributed by atoms with Crippen LogP contribution in [0.1, 0.15) is 28.8 Å². The molecule has 0 spiro atoms. The molecule has 2 aliphatic heterocycles. The highest BCUT2D eigenvalue weighted by Gasteiger charge is 2.31. The molecule has 0 fully saturated rings. The molecule has 1 N–H and O–H groups in total. The van der Waals surface area contributed by atoms with E-state index >= 15 is 0 Å². The Bertz CT molecular complexity index is 1160. The van der Waals surface area contributed by atoms with Crippen LogP contribution in [-0.2, 0) is 25.9 Å². The molecule has 1 aromatic carbocycles. The summed E-state index contributed by atoms with van der Waals surface area (Å²) >= 11 is 0. The van der Waals surface area contributed by atoms with E-state index in [1.165, 1.54) is 18.2 Å². The fourth-order valence-electron chi connectivity index (χ4n) is 3.97. The van der Waals surface area contributed by atoms with Gasteiger partial charge in [0.2, 0.25) is 0 Å². The van der Waals surface area contributed by atoms with Gasteiger partial charge < -0.3 is 14.7 Å². The maximum absolute atomic E-state index is 13.5. The molecule has 4 heterocycles. The molecule has 8 nitrogen and oxygen atoms in total. The predicted molar refractivity (Wildman–Crippen MR) is 100 cm³/mol. The summed E-state index contributed by atoms with van der Waals surface area (Å²) in [6, 6.07) is 5.42. The molecule has 2 aliphatic rings. The summed E-state index contributed by atoms with van der Waals surface area (Å²) in [6.45, 7) is 1.72. The number of carbonyl (C=O) groups is 1. The number of urea groups is 1. The van der Waals surface area contributed by atoms with Crippen molar-refractivity contribution in [2.24, 2.45) is 0 Å². The van der Waals surface area contributed by atoms with Crippen LogP contribution in [0.4, 0.5) is 14.9 Å². The fourth-order valence-corrected chi connectivity index (χ4v) is 3.97. The van der Waals surface area contributed by atoms with Crippen LogP contribution in [0.25, 0.3) is 11.4 Å². The minimum absolute atomic E-state index is 0.107. The normalized spacial score (nSPS) is 15.0. The number of amides is 2. The number of aromatic nitrogens is 3. The Morgan fingerprint density at radius 2 is 2.21 bits per heavy atom. The number of fused-ring (bicyclic) bond motifs is 5. The molecule has 0 saturated heterocycles. The SMILES string of the molecule is N#Cc1cc(NC(=O)N2CCc3nn4c(c3C2)-c2nocc2CCC4)ccc1F. The van der Waals surface area contributed by atoms with Crippen LogP contribution in [-0.4, -0.2) is 32.4 Å². The van der Waals surface area contributed by atoms with Gasteiger partial charge in [0.1, 0.15) is 23.8 Å². The Morgan fingerprint density at radius 1 is 1.31 bits per heavy atom. The molecule has 5 rings (SSSR count). The zero-order valence-electron chi connectivity index (χ0n) is 15.5. The van der Waals surface area contributed by atoms with Gasteiger partial charge in [-0.1, -0.05) is 5.16 Å². The minimum Gasteiger partial charge on any atom is -0.364 e. The molecular weight excluding hydrogens is 375 g/mol. The lowest BCUT2D eigenvalue weighted by molar-refractivity contribution is 0.206. The average Bonchev–Trinajstić information content (AvgIpc) is 3.28. The Morgan fingerprint density at radius 3 is 3.07 bits per heavy atom. The lowest BCUT2D eigenvalue weighted by Crippen LogP contribution is -2.38. The van der Waals surface area contributed by atoms with Crippen LogP contribution in [0.15, 0.2) is 29.0 Å². The second kappa shape index (κ2) is 6.74. The van der Waals surface area contributed by atoms with E-state index in [0.29, 0.717) is 25.2 Å². The largest absolute Gasteiger partial charge is 0.364 e. The third-order valence-corrected chi connectivity index (χ3v) is 5.41. The first kappa shape index (κ1) is 17.4. The van der Waals surface area contributed by atoms with Crippen molar-refractivity contribution in [3.8, 4) is 17.5 Å². The van der Waals surface area contributed by atoms with E-state index in [-0.39, 0.29) is 11.6 Å². The van der Waals surface area contributed by atoms with Crippen LogP contribution < -0.4 is 5.32 Å². The van der Waals surface area contributed by atoms with Crippen molar-refractivity contribution < 1.29 is 13.7 Å². The molecule has 0 bridgehead atoms. The lowest BCUT2D eigenvalue weighted by atomic mass is 10.0. The predicted octanol–water partition coefficient (Wildman–Crippen LogP) is 3.09. The van der Waals surface area contributed by atoms with E-state index in [0.717, 1.165) is 47.6 Å². The third-order valence-electron chi connectivity index (χ3n) is 5.41.